The molecule has 27 heavy (non-hydrogen) atoms. The molecule has 5 heteroatoms. The van der Waals surface area contributed by atoms with E-state index in [2.05, 4.69) is 41.0 Å². The molecule has 0 radical (unpaired) electrons. The van der Waals surface area contributed by atoms with Crippen LogP contribution in [0.3, 0.4) is 0 Å². The molecular weight excluding hydrogens is 340 g/mol. The van der Waals surface area contributed by atoms with Crippen LogP contribution in [-0.2, 0) is 13.1 Å². The lowest BCUT2D eigenvalue weighted by molar-refractivity contribution is 0.121. The summed E-state index contributed by atoms with van der Waals surface area (Å²) in [4.78, 5) is 4.99. The van der Waals surface area contributed by atoms with Gasteiger partial charge in [0.25, 0.3) is 0 Å². The average Bonchev–Trinajstić information content (AvgIpc) is 2.69. The van der Waals surface area contributed by atoms with Crippen LogP contribution in [0, 0.1) is 6.92 Å². The lowest BCUT2D eigenvalue weighted by Gasteiger charge is -2.35. The average molecular weight is 370 g/mol. The van der Waals surface area contributed by atoms with Gasteiger partial charge >= 0.3 is 0 Å². The van der Waals surface area contributed by atoms with E-state index in [4.69, 9.17) is 14.2 Å². The summed E-state index contributed by atoms with van der Waals surface area (Å²) in [7, 11) is 5.01. The summed E-state index contributed by atoms with van der Waals surface area (Å²) in [6.07, 6.45) is 0. The molecule has 1 aliphatic heterocycles. The van der Waals surface area contributed by atoms with Crippen LogP contribution in [0.2, 0.25) is 0 Å². The number of ether oxygens (including phenoxy) is 3. The Balaban J connectivity index is 1.60. The summed E-state index contributed by atoms with van der Waals surface area (Å²) < 4.78 is 16.4. The minimum absolute atomic E-state index is 0.695. The Morgan fingerprint density at radius 1 is 0.741 bits per heavy atom. The van der Waals surface area contributed by atoms with Crippen LogP contribution < -0.4 is 14.2 Å². The molecule has 0 atom stereocenters. The highest BCUT2D eigenvalue weighted by Gasteiger charge is 2.20. The summed E-state index contributed by atoms with van der Waals surface area (Å²) >= 11 is 0. The molecule has 0 amide bonds. The molecule has 3 rings (SSSR count). The van der Waals surface area contributed by atoms with Crippen molar-refractivity contribution in [2.24, 2.45) is 0 Å². The SMILES string of the molecule is COc1cc(OC)c(OC)cc1CN1CCN(Cc2cccc(C)c2)CC1. The van der Waals surface area contributed by atoms with Gasteiger partial charge in [0, 0.05) is 50.9 Å². The number of hydrogen-bond donors (Lipinski definition) is 0. The molecule has 1 heterocycles. The predicted octanol–water partition coefficient (Wildman–Crippen LogP) is 3.34. The summed E-state index contributed by atoms with van der Waals surface area (Å²) in [6, 6.07) is 12.7. The Bertz CT molecular complexity index is 755. The number of piperazine rings is 1. The maximum atomic E-state index is 5.57. The van der Waals surface area contributed by atoms with Gasteiger partial charge in [-0.3, -0.25) is 9.80 Å². The van der Waals surface area contributed by atoms with Crippen molar-refractivity contribution in [3.8, 4) is 17.2 Å². The van der Waals surface area contributed by atoms with Crippen molar-refractivity contribution in [1.82, 2.24) is 9.80 Å². The van der Waals surface area contributed by atoms with Crippen molar-refractivity contribution in [1.29, 1.82) is 0 Å². The molecule has 0 aliphatic carbocycles. The number of methoxy groups -OCH3 is 3. The van der Waals surface area contributed by atoms with Gasteiger partial charge in [-0.1, -0.05) is 29.8 Å². The molecule has 1 fully saturated rings. The van der Waals surface area contributed by atoms with Crippen molar-refractivity contribution in [2.75, 3.05) is 47.5 Å². The fourth-order valence-electron chi connectivity index (χ4n) is 3.63. The van der Waals surface area contributed by atoms with Crippen molar-refractivity contribution in [2.45, 2.75) is 20.0 Å². The van der Waals surface area contributed by atoms with E-state index in [0.717, 1.165) is 56.3 Å². The second-order valence-corrected chi connectivity index (χ2v) is 7.06. The second-order valence-electron chi connectivity index (χ2n) is 7.06. The largest absolute Gasteiger partial charge is 0.496 e. The molecular formula is C22H30N2O3. The standard InChI is InChI=1S/C22H30N2O3/c1-17-6-5-7-18(12-17)15-23-8-10-24(11-9-23)16-19-13-21(26-3)22(27-4)14-20(19)25-2/h5-7,12-14H,8-11,15-16H2,1-4H3. The Kier molecular flexibility index (Phi) is 6.58. The van der Waals surface area contributed by atoms with E-state index in [0.29, 0.717) is 5.75 Å². The van der Waals surface area contributed by atoms with Crippen LogP contribution in [0.15, 0.2) is 36.4 Å². The number of aryl methyl sites for hydroxylation is 1. The van der Waals surface area contributed by atoms with Gasteiger partial charge in [0.05, 0.1) is 21.3 Å². The summed E-state index contributed by atoms with van der Waals surface area (Å²) in [5.41, 5.74) is 3.85. The first-order valence-corrected chi connectivity index (χ1v) is 9.42. The molecule has 0 bridgehead atoms. The molecule has 1 saturated heterocycles. The Hall–Kier alpha value is -2.24. The highest BCUT2D eigenvalue weighted by molar-refractivity contribution is 5.50. The lowest BCUT2D eigenvalue weighted by atomic mass is 10.1. The van der Waals surface area contributed by atoms with Gasteiger partial charge in [-0.25, -0.2) is 0 Å². The topological polar surface area (TPSA) is 34.2 Å². The molecule has 0 spiro atoms. The Morgan fingerprint density at radius 2 is 1.33 bits per heavy atom. The minimum atomic E-state index is 0.695. The van der Waals surface area contributed by atoms with Gasteiger partial charge in [0.1, 0.15) is 5.75 Å². The quantitative estimate of drug-likeness (QED) is 0.747. The monoisotopic (exact) mass is 370 g/mol. The van der Waals surface area contributed by atoms with Gasteiger partial charge < -0.3 is 14.2 Å². The third-order valence-corrected chi connectivity index (χ3v) is 5.13. The van der Waals surface area contributed by atoms with Gasteiger partial charge in [0.2, 0.25) is 0 Å². The summed E-state index contributed by atoms with van der Waals surface area (Å²) in [6.45, 7) is 8.26. The fourth-order valence-corrected chi connectivity index (χ4v) is 3.63. The van der Waals surface area contributed by atoms with Crippen LogP contribution in [0.1, 0.15) is 16.7 Å². The summed E-state index contributed by atoms with van der Waals surface area (Å²) in [5.74, 6) is 2.28. The maximum absolute atomic E-state index is 5.57. The van der Waals surface area contributed by atoms with E-state index in [1.807, 2.05) is 12.1 Å². The number of benzene rings is 2. The van der Waals surface area contributed by atoms with Crippen molar-refractivity contribution in [3.05, 3.63) is 53.1 Å². The molecule has 0 unspecified atom stereocenters. The van der Waals surface area contributed by atoms with Crippen LogP contribution in [0.5, 0.6) is 17.2 Å². The zero-order valence-corrected chi connectivity index (χ0v) is 16.8. The zero-order valence-electron chi connectivity index (χ0n) is 16.8. The molecule has 2 aromatic rings. The molecule has 0 aromatic heterocycles. The van der Waals surface area contributed by atoms with E-state index >= 15 is 0 Å². The Morgan fingerprint density at radius 3 is 1.93 bits per heavy atom. The first kappa shape index (κ1) is 19.5. The van der Waals surface area contributed by atoms with Crippen LogP contribution in [0.4, 0.5) is 0 Å². The van der Waals surface area contributed by atoms with Gasteiger partial charge in [-0.05, 0) is 18.6 Å². The van der Waals surface area contributed by atoms with Crippen LogP contribution in [0.25, 0.3) is 0 Å². The maximum Gasteiger partial charge on any atom is 0.164 e. The highest BCUT2D eigenvalue weighted by Crippen LogP contribution is 2.35. The van der Waals surface area contributed by atoms with Gasteiger partial charge in [-0.15, -0.1) is 0 Å². The highest BCUT2D eigenvalue weighted by atomic mass is 16.5. The molecule has 1 aliphatic rings. The van der Waals surface area contributed by atoms with E-state index < -0.39 is 0 Å². The van der Waals surface area contributed by atoms with E-state index in [9.17, 15) is 0 Å². The molecule has 146 valence electrons. The lowest BCUT2D eigenvalue weighted by Crippen LogP contribution is -2.45. The van der Waals surface area contributed by atoms with Crippen molar-refractivity contribution < 1.29 is 14.2 Å². The number of hydrogen-bond acceptors (Lipinski definition) is 5. The van der Waals surface area contributed by atoms with Crippen LogP contribution in [-0.4, -0.2) is 57.3 Å². The minimum Gasteiger partial charge on any atom is -0.496 e. The summed E-state index contributed by atoms with van der Waals surface area (Å²) in [5, 5.41) is 0. The normalized spacial score (nSPS) is 15.6. The molecule has 5 nitrogen and oxygen atoms in total. The fraction of sp³-hybridized carbons (Fsp3) is 0.455. The number of nitrogens with zero attached hydrogens (tertiary/aromatic N) is 2. The second kappa shape index (κ2) is 9.11. The van der Waals surface area contributed by atoms with Crippen molar-refractivity contribution in [3.63, 3.8) is 0 Å². The molecule has 0 saturated carbocycles. The molecule has 2 aromatic carbocycles. The van der Waals surface area contributed by atoms with Gasteiger partial charge in [-0.2, -0.15) is 0 Å². The van der Waals surface area contributed by atoms with Crippen LogP contribution >= 0.6 is 0 Å². The van der Waals surface area contributed by atoms with E-state index in [1.54, 1.807) is 21.3 Å². The first-order chi connectivity index (χ1) is 13.1. The van der Waals surface area contributed by atoms with Gasteiger partial charge in [0.15, 0.2) is 11.5 Å². The number of rotatable bonds is 7. The first-order valence-electron chi connectivity index (χ1n) is 9.42. The smallest absolute Gasteiger partial charge is 0.164 e. The third-order valence-electron chi connectivity index (χ3n) is 5.13. The third kappa shape index (κ3) is 4.93. The predicted molar refractivity (Wildman–Crippen MR) is 108 cm³/mol. The van der Waals surface area contributed by atoms with E-state index in [1.165, 1.54) is 11.1 Å². The zero-order chi connectivity index (χ0) is 19.2. The Labute approximate surface area is 162 Å². The van der Waals surface area contributed by atoms with E-state index in [-0.39, 0.29) is 0 Å². The van der Waals surface area contributed by atoms with Crippen molar-refractivity contribution >= 4 is 0 Å². The molecule has 0 N–H and O–H groups in total.